The van der Waals surface area contributed by atoms with Gasteiger partial charge in [-0.1, -0.05) is 0 Å². The van der Waals surface area contributed by atoms with Crippen LogP contribution in [0.2, 0.25) is 0 Å². The third-order valence-corrected chi connectivity index (χ3v) is 4.15. The number of likely N-dealkylation sites (N-methyl/N-ethyl adjacent to an activating group) is 1. The van der Waals surface area contributed by atoms with Gasteiger partial charge in [-0.2, -0.15) is 0 Å². The van der Waals surface area contributed by atoms with Crippen molar-refractivity contribution in [1.82, 2.24) is 10.2 Å². The summed E-state index contributed by atoms with van der Waals surface area (Å²) < 4.78 is 31.4. The summed E-state index contributed by atoms with van der Waals surface area (Å²) in [4.78, 5) is 1.62. The molecular weight excluding hydrogens is 266 g/mol. The number of halogens is 2. The van der Waals surface area contributed by atoms with Gasteiger partial charge in [0.25, 0.3) is 6.43 Å². The smallest absolute Gasteiger partial charge is 0.251 e. The van der Waals surface area contributed by atoms with E-state index in [1.54, 1.807) is 4.90 Å². The van der Waals surface area contributed by atoms with E-state index >= 15 is 0 Å². The third-order valence-electron chi connectivity index (χ3n) is 4.15. The number of hydrogen-bond acceptors (Lipinski definition) is 4. The highest BCUT2D eigenvalue weighted by Crippen LogP contribution is 2.42. The van der Waals surface area contributed by atoms with Gasteiger partial charge in [0.05, 0.1) is 24.4 Å². The van der Waals surface area contributed by atoms with Gasteiger partial charge in [0.15, 0.2) is 0 Å². The van der Waals surface area contributed by atoms with Crippen LogP contribution < -0.4 is 5.32 Å². The Labute approximate surface area is 120 Å². The lowest BCUT2D eigenvalue weighted by Crippen LogP contribution is -2.50. The summed E-state index contributed by atoms with van der Waals surface area (Å²) in [5, 5.41) is 12.3. The molecule has 0 aromatic heterocycles. The van der Waals surface area contributed by atoms with Crippen molar-refractivity contribution < 1.29 is 18.6 Å². The monoisotopic (exact) mass is 294 g/mol. The van der Waals surface area contributed by atoms with Crippen molar-refractivity contribution in [3.05, 3.63) is 0 Å². The molecule has 1 fully saturated rings. The molecule has 6 heteroatoms. The highest BCUT2D eigenvalue weighted by atomic mass is 19.3. The van der Waals surface area contributed by atoms with Gasteiger partial charge in [-0.05, 0) is 34.7 Å². The molecular formula is C14H28F2N2O2. The molecule has 0 aromatic rings. The molecule has 1 aliphatic heterocycles. The Bertz CT molecular complexity index is 312. The predicted molar refractivity (Wildman–Crippen MR) is 75.1 cm³/mol. The van der Waals surface area contributed by atoms with Crippen molar-refractivity contribution in [2.24, 2.45) is 5.92 Å². The van der Waals surface area contributed by atoms with E-state index in [1.165, 1.54) is 0 Å². The van der Waals surface area contributed by atoms with E-state index < -0.39 is 12.0 Å². The van der Waals surface area contributed by atoms with Gasteiger partial charge in [-0.3, -0.25) is 4.90 Å². The minimum absolute atomic E-state index is 0.0767. The lowest BCUT2D eigenvalue weighted by atomic mass is 9.82. The van der Waals surface area contributed by atoms with Crippen LogP contribution in [0.5, 0.6) is 0 Å². The van der Waals surface area contributed by atoms with E-state index in [0.717, 1.165) is 0 Å². The second-order valence-corrected chi connectivity index (χ2v) is 6.56. The van der Waals surface area contributed by atoms with Crippen LogP contribution >= 0.6 is 0 Å². The standard InChI is InChI=1S/C14H28F2N2O2/c1-13(2)10(12(17-5)14(3,4)20-13)8-18(6-7-19)9-11(15)16/h10-12,17,19H,6-9H2,1-5H3. The molecule has 2 unspecified atom stereocenters. The number of alkyl halides is 2. The summed E-state index contributed by atoms with van der Waals surface area (Å²) in [6, 6.07) is 0.0800. The Morgan fingerprint density at radius 1 is 1.25 bits per heavy atom. The minimum Gasteiger partial charge on any atom is -0.395 e. The zero-order valence-electron chi connectivity index (χ0n) is 13.1. The van der Waals surface area contributed by atoms with Crippen molar-refractivity contribution in [1.29, 1.82) is 0 Å². The fourth-order valence-electron chi connectivity index (χ4n) is 3.45. The molecule has 0 bridgehead atoms. The number of nitrogens with one attached hydrogen (secondary N) is 1. The van der Waals surface area contributed by atoms with E-state index in [9.17, 15) is 8.78 Å². The molecule has 2 N–H and O–H groups in total. The first-order valence-electron chi connectivity index (χ1n) is 7.13. The fourth-order valence-corrected chi connectivity index (χ4v) is 3.45. The Balaban J connectivity index is 2.85. The van der Waals surface area contributed by atoms with Gasteiger partial charge < -0.3 is 15.2 Å². The highest BCUT2D eigenvalue weighted by Gasteiger charge is 2.53. The molecule has 0 spiro atoms. The molecule has 0 aliphatic carbocycles. The average molecular weight is 294 g/mol. The number of rotatable bonds is 7. The molecule has 0 radical (unpaired) electrons. The zero-order chi connectivity index (χ0) is 15.6. The Kier molecular flexibility index (Phi) is 5.89. The maximum absolute atomic E-state index is 12.6. The SMILES string of the molecule is CNC1C(CN(CCO)CC(F)F)C(C)(C)OC1(C)C. The minimum atomic E-state index is -2.40. The van der Waals surface area contributed by atoms with E-state index in [4.69, 9.17) is 9.84 Å². The fraction of sp³-hybridized carbons (Fsp3) is 1.00. The van der Waals surface area contributed by atoms with Gasteiger partial charge in [-0.15, -0.1) is 0 Å². The topological polar surface area (TPSA) is 44.7 Å². The number of aliphatic hydroxyl groups excluding tert-OH is 1. The van der Waals surface area contributed by atoms with Crippen molar-refractivity contribution in [3.8, 4) is 0 Å². The Hall–Kier alpha value is -0.300. The van der Waals surface area contributed by atoms with Crippen LogP contribution in [0.3, 0.4) is 0 Å². The van der Waals surface area contributed by atoms with Crippen LogP contribution in [0.4, 0.5) is 8.78 Å². The molecule has 120 valence electrons. The molecule has 0 saturated carbocycles. The molecule has 4 nitrogen and oxygen atoms in total. The quantitative estimate of drug-likeness (QED) is 0.744. The van der Waals surface area contributed by atoms with Crippen molar-refractivity contribution in [3.63, 3.8) is 0 Å². The van der Waals surface area contributed by atoms with E-state index in [2.05, 4.69) is 5.32 Å². The maximum atomic E-state index is 12.6. The van der Waals surface area contributed by atoms with Gasteiger partial charge in [-0.25, -0.2) is 8.78 Å². The predicted octanol–water partition coefficient (Wildman–Crippen LogP) is 1.34. The van der Waals surface area contributed by atoms with Crippen molar-refractivity contribution in [2.75, 3.05) is 33.3 Å². The number of ether oxygens (including phenoxy) is 1. The Morgan fingerprint density at radius 2 is 1.85 bits per heavy atom. The first kappa shape index (κ1) is 17.8. The average Bonchev–Trinajstić information content (AvgIpc) is 2.42. The van der Waals surface area contributed by atoms with Crippen LogP contribution in [0.1, 0.15) is 27.7 Å². The van der Waals surface area contributed by atoms with Crippen LogP contribution in [0.15, 0.2) is 0 Å². The lowest BCUT2D eigenvalue weighted by molar-refractivity contribution is -0.0803. The van der Waals surface area contributed by atoms with E-state index in [-0.39, 0.29) is 37.3 Å². The number of aliphatic hydroxyl groups is 1. The first-order valence-corrected chi connectivity index (χ1v) is 7.13. The summed E-state index contributed by atoms with van der Waals surface area (Å²) in [6.45, 7) is 8.32. The molecule has 2 atom stereocenters. The summed E-state index contributed by atoms with van der Waals surface area (Å²) in [6.07, 6.45) is -2.40. The van der Waals surface area contributed by atoms with Crippen LogP contribution in [0.25, 0.3) is 0 Å². The van der Waals surface area contributed by atoms with E-state index in [0.29, 0.717) is 6.54 Å². The zero-order valence-corrected chi connectivity index (χ0v) is 13.1. The highest BCUT2D eigenvalue weighted by molar-refractivity contribution is 5.05. The second-order valence-electron chi connectivity index (χ2n) is 6.56. The number of nitrogens with zero attached hydrogens (tertiary/aromatic N) is 1. The van der Waals surface area contributed by atoms with Crippen LogP contribution in [-0.2, 0) is 4.74 Å². The maximum Gasteiger partial charge on any atom is 0.251 e. The lowest BCUT2D eigenvalue weighted by Gasteiger charge is -2.34. The van der Waals surface area contributed by atoms with Crippen molar-refractivity contribution in [2.45, 2.75) is 51.4 Å². The molecule has 0 amide bonds. The van der Waals surface area contributed by atoms with Gasteiger partial charge in [0.1, 0.15) is 0 Å². The number of hydrogen-bond donors (Lipinski definition) is 2. The van der Waals surface area contributed by atoms with Gasteiger partial charge >= 0.3 is 0 Å². The molecule has 1 heterocycles. The molecule has 0 aromatic carbocycles. The Morgan fingerprint density at radius 3 is 2.30 bits per heavy atom. The molecule has 1 saturated heterocycles. The van der Waals surface area contributed by atoms with Gasteiger partial charge in [0.2, 0.25) is 0 Å². The second kappa shape index (κ2) is 6.64. The third kappa shape index (κ3) is 4.10. The summed E-state index contributed by atoms with van der Waals surface area (Å²) in [7, 11) is 1.87. The molecule has 1 aliphatic rings. The normalized spacial score (nSPS) is 28.5. The largest absolute Gasteiger partial charge is 0.395 e. The van der Waals surface area contributed by atoms with E-state index in [1.807, 2.05) is 34.7 Å². The van der Waals surface area contributed by atoms with Crippen LogP contribution in [-0.4, -0.2) is 67.0 Å². The summed E-state index contributed by atoms with van der Waals surface area (Å²) >= 11 is 0. The van der Waals surface area contributed by atoms with Crippen molar-refractivity contribution >= 4 is 0 Å². The first-order chi connectivity index (χ1) is 9.14. The summed E-state index contributed by atoms with van der Waals surface area (Å²) in [5.41, 5.74) is -0.744. The summed E-state index contributed by atoms with van der Waals surface area (Å²) in [5.74, 6) is 0.0767. The molecule has 1 rings (SSSR count). The van der Waals surface area contributed by atoms with Crippen LogP contribution in [0, 0.1) is 5.92 Å². The van der Waals surface area contributed by atoms with Gasteiger partial charge in [0, 0.05) is 25.0 Å². The molecule has 20 heavy (non-hydrogen) atoms.